The van der Waals surface area contributed by atoms with Crippen LogP contribution in [0, 0.1) is 5.92 Å². The summed E-state index contributed by atoms with van der Waals surface area (Å²) in [5.41, 5.74) is 0.487. The highest BCUT2D eigenvalue weighted by Gasteiger charge is 2.53. The molecule has 1 spiro atoms. The Morgan fingerprint density at radius 3 is 2.41 bits per heavy atom. The minimum Gasteiger partial charge on any atom is -0.508 e. The largest absolute Gasteiger partial charge is 0.508 e. The molecular weight excluding hydrogens is 538 g/mol. The fourth-order valence-electron chi connectivity index (χ4n) is 6.78. The summed E-state index contributed by atoms with van der Waals surface area (Å²) in [7, 11) is 0. The van der Waals surface area contributed by atoms with E-state index in [1.54, 1.807) is 24.3 Å². The number of rotatable bonds is 10. The minimum atomic E-state index is -0.705. The summed E-state index contributed by atoms with van der Waals surface area (Å²) in [4.78, 5) is 31.9. The standard InChI is InChI=1S/C33H45N3O4.ClH/c1-2-3-19-36-31(38)30(24-25-8-5-4-6-9-25)34-32(39)33(36)17-21-35(22-18-33)20-16-26-10-7-11-29(23-26)40-28-14-12-27(37)13-15-28;/h7,10-15,23,25,30,37H,2-6,8-9,16-22,24H2,1H3,(H,34,39);1H/t30-;/m0./s1. The number of nitrogens with one attached hydrogen (secondary N) is 1. The summed E-state index contributed by atoms with van der Waals surface area (Å²) in [5.74, 6) is 2.45. The second-order valence-electron chi connectivity index (χ2n) is 12.0. The molecule has 1 atom stereocenters. The van der Waals surface area contributed by atoms with Crippen molar-refractivity contribution >= 4 is 24.2 Å². The molecule has 2 aromatic carbocycles. The number of phenolic OH excluding ortho intramolecular Hbond substituents is 1. The van der Waals surface area contributed by atoms with Crippen LogP contribution in [-0.4, -0.2) is 64.5 Å². The van der Waals surface area contributed by atoms with Crippen LogP contribution < -0.4 is 10.1 Å². The Hall–Kier alpha value is -2.77. The highest BCUT2D eigenvalue weighted by atomic mass is 35.5. The molecule has 1 aliphatic carbocycles. The molecule has 1 saturated carbocycles. The first-order valence-electron chi connectivity index (χ1n) is 15.4. The Balaban J connectivity index is 0.00000387. The van der Waals surface area contributed by atoms with Crippen LogP contribution in [0.15, 0.2) is 48.5 Å². The minimum absolute atomic E-state index is 0. The maximum Gasteiger partial charge on any atom is 0.246 e. The van der Waals surface area contributed by atoms with Gasteiger partial charge in [-0.05, 0) is 80.0 Å². The second kappa shape index (κ2) is 14.4. The van der Waals surface area contributed by atoms with Gasteiger partial charge in [0.2, 0.25) is 11.8 Å². The third-order valence-electron chi connectivity index (χ3n) is 9.21. The van der Waals surface area contributed by atoms with Crippen molar-refractivity contribution in [2.75, 3.05) is 26.2 Å². The third-order valence-corrected chi connectivity index (χ3v) is 9.21. The predicted molar refractivity (Wildman–Crippen MR) is 164 cm³/mol. The molecular formula is C33H46ClN3O4. The average Bonchev–Trinajstić information content (AvgIpc) is 2.97. The number of amides is 2. The van der Waals surface area contributed by atoms with Crippen molar-refractivity contribution in [2.45, 2.75) is 89.1 Å². The molecule has 224 valence electrons. The molecule has 0 bridgehead atoms. The molecule has 7 nitrogen and oxygen atoms in total. The van der Waals surface area contributed by atoms with Crippen LogP contribution in [0.1, 0.15) is 76.7 Å². The maximum absolute atomic E-state index is 13.8. The molecule has 0 radical (unpaired) electrons. The maximum atomic E-state index is 13.8. The molecule has 2 heterocycles. The molecule has 3 fully saturated rings. The number of carbonyl (C=O) groups is 2. The SMILES string of the molecule is CCCCN1C(=O)[C@H](CC2CCCCC2)NC(=O)C12CCN(CCc1cccc(Oc3ccc(O)cc3)c1)CC2.Cl. The summed E-state index contributed by atoms with van der Waals surface area (Å²) < 4.78 is 5.96. The topological polar surface area (TPSA) is 82.1 Å². The highest BCUT2D eigenvalue weighted by molar-refractivity contribution is 6.00. The van der Waals surface area contributed by atoms with Crippen molar-refractivity contribution in [1.29, 1.82) is 0 Å². The van der Waals surface area contributed by atoms with Crippen molar-refractivity contribution in [2.24, 2.45) is 5.92 Å². The van der Waals surface area contributed by atoms with E-state index in [9.17, 15) is 14.7 Å². The number of ether oxygens (including phenoxy) is 1. The van der Waals surface area contributed by atoms with E-state index in [2.05, 4.69) is 29.3 Å². The molecule has 0 aromatic heterocycles. The molecule has 2 amide bonds. The lowest BCUT2D eigenvalue weighted by molar-refractivity contribution is -0.161. The van der Waals surface area contributed by atoms with E-state index in [1.807, 2.05) is 17.0 Å². The molecule has 2 saturated heterocycles. The van der Waals surface area contributed by atoms with Crippen molar-refractivity contribution < 1.29 is 19.4 Å². The van der Waals surface area contributed by atoms with Crippen LogP contribution in [0.2, 0.25) is 0 Å². The van der Waals surface area contributed by atoms with Gasteiger partial charge in [0.25, 0.3) is 0 Å². The van der Waals surface area contributed by atoms with Crippen molar-refractivity contribution in [1.82, 2.24) is 15.1 Å². The molecule has 0 unspecified atom stereocenters. The van der Waals surface area contributed by atoms with E-state index < -0.39 is 5.54 Å². The molecule has 2 aliphatic heterocycles. The Bertz CT molecular complexity index is 1140. The van der Waals surface area contributed by atoms with Gasteiger partial charge in [0.1, 0.15) is 28.8 Å². The number of nitrogens with zero attached hydrogens (tertiary/aromatic N) is 2. The molecule has 2 N–H and O–H groups in total. The Morgan fingerprint density at radius 1 is 0.976 bits per heavy atom. The smallest absolute Gasteiger partial charge is 0.246 e. The number of piperazine rings is 1. The number of benzene rings is 2. The van der Waals surface area contributed by atoms with E-state index in [-0.39, 0.29) is 36.0 Å². The van der Waals surface area contributed by atoms with Crippen LogP contribution in [0.5, 0.6) is 17.2 Å². The molecule has 5 rings (SSSR count). The number of phenols is 1. The summed E-state index contributed by atoms with van der Waals surface area (Å²) in [5, 5.41) is 12.7. The van der Waals surface area contributed by atoms with Crippen LogP contribution in [0.4, 0.5) is 0 Å². The first-order chi connectivity index (χ1) is 19.5. The van der Waals surface area contributed by atoms with Gasteiger partial charge in [-0.1, -0.05) is 57.6 Å². The monoisotopic (exact) mass is 583 g/mol. The molecule has 41 heavy (non-hydrogen) atoms. The fraction of sp³-hybridized carbons (Fsp3) is 0.576. The zero-order valence-electron chi connectivity index (χ0n) is 24.4. The highest BCUT2D eigenvalue weighted by Crippen LogP contribution is 2.36. The normalized spacial score (nSPS) is 21.4. The van der Waals surface area contributed by atoms with Gasteiger partial charge < -0.3 is 25.0 Å². The Labute approximate surface area is 251 Å². The summed E-state index contributed by atoms with van der Waals surface area (Å²) in [6.07, 6.45) is 11.1. The summed E-state index contributed by atoms with van der Waals surface area (Å²) in [6.45, 7) is 5.33. The number of hydrogen-bond donors (Lipinski definition) is 2. The van der Waals surface area contributed by atoms with Crippen LogP contribution >= 0.6 is 12.4 Å². The first kappa shape index (κ1) is 31.2. The Kier molecular flexibility index (Phi) is 11.0. The van der Waals surface area contributed by atoms with Crippen molar-refractivity contribution in [3.63, 3.8) is 0 Å². The van der Waals surface area contributed by atoms with Crippen LogP contribution in [-0.2, 0) is 16.0 Å². The van der Waals surface area contributed by atoms with Gasteiger partial charge in [0, 0.05) is 26.2 Å². The van der Waals surface area contributed by atoms with E-state index in [1.165, 1.54) is 37.7 Å². The lowest BCUT2D eigenvalue weighted by atomic mass is 9.79. The number of carbonyl (C=O) groups excluding carboxylic acids is 2. The summed E-state index contributed by atoms with van der Waals surface area (Å²) in [6, 6.07) is 14.5. The molecule has 8 heteroatoms. The van der Waals surface area contributed by atoms with Crippen LogP contribution in [0.3, 0.4) is 0 Å². The molecule has 2 aromatic rings. The first-order valence-corrected chi connectivity index (χ1v) is 15.4. The van der Waals surface area contributed by atoms with Gasteiger partial charge in [0.05, 0.1) is 0 Å². The van der Waals surface area contributed by atoms with E-state index in [4.69, 9.17) is 4.74 Å². The second-order valence-corrected chi connectivity index (χ2v) is 12.0. The number of hydrogen-bond acceptors (Lipinski definition) is 5. The van der Waals surface area contributed by atoms with Gasteiger partial charge in [0.15, 0.2) is 0 Å². The lowest BCUT2D eigenvalue weighted by Crippen LogP contribution is -2.73. The molecule has 3 aliphatic rings. The number of piperidine rings is 1. The van der Waals surface area contributed by atoms with Gasteiger partial charge in [-0.2, -0.15) is 0 Å². The number of aromatic hydroxyl groups is 1. The fourth-order valence-corrected chi connectivity index (χ4v) is 6.78. The zero-order valence-corrected chi connectivity index (χ0v) is 25.2. The van der Waals surface area contributed by atoms with E-state index in [0.29, 0.717) is 31.1 Å². The van der Waals surface area contributed by atoms with Gasteiger partial charge in [-0.15, -0.1) is 12.4 Å². The number of unbranched alkanes of at least 4 members (excludes halogenated alkanes) is 1. The number of halogens is 1. The van der Waals surface area contributed by atoms with Gasteiger partial charge >= 0.3 is 0 Å². The van der Waals surface area contributed by atoms with Crippen LogP contribution in [0.25, 0.3) is 0 Å². The average molecular weight is 584 g/mol. The van der Waals surface area contributed by atoms with Crippen molar-refractivity contribution in [3.05, 3.63) is 54.1 Å². The predicted octanol–water partition coefficient (Wildman–Crippen LogP) is 6.08. The van der Waals surface area contributed by atoms with E-state index in [0.717, 1.165) is 51.1 Å². The van der Waals surface area contributed by atoms with Gasteiger partial charge in [-0.3, -0.25) is 9.59 Å². The quantitative estimate of drug-likeness (QED) is 0.354. The number of likely N-dealkylation sites (tertiary alicyclic amines) is 1. The van der Waals surface area contributed by atoms with Gasteiger partial charge in [-0.25, -0.2) is 0 Å². The zero-order chi connectivity index (χ0) is 28.0. The summed E-state index contributed by atoms with van der Waals surface area (Å²) >= 11 is 0. The lowest BCUT2D eigenvalue weighted by Gasteiger charge is -2.52. The van der Waals surface area contributed by atoms with Crippen molar-refractivity contribution in [3.8, 4) is 17.2 Å². The van der Waals surface area contributed by atoms with E-state index >= 15 is 0 Å². The Morgan fingerprint density at radius 2 is 1.71 bits per heavy atom. The third kappa shape index (κ3) is 7.55.